The lowest BCUT2D eigenvalue weighted by Gasteiger charge is -2.47. The van der Waals surface area contributed by atoms with Gasteiger partial charge in [0.05, 0.1) is 30.5 Å². The lowest BCUT2D eigenvalue weighted by atomic mass is 9.82. The minimum absolute atomic E-state index is 0.0734. The maximum atomic E-state index is 14.3. The molecule has 3 fully saturated rings. The predicted octanol–water partition coefficient (Wildman–Crippen LogP) is 5.24. The van der Waals surface area contributed by atoms with E-state index in [1.807, 2.05) is 26.8 Å². The van der Waals surface area contributed by atoms with E-state index in [-0.39, 0.29) is 49.2 Å². The number of allylic oxidation sites excluding steroid dienone is 3. The van der Waals surface area contributed by atoms with E-state index in [1.165, 1.54) is 4.90 Å². The predicted molar refractivity (Wildman–Crippen MR) is 212 cm³/mol. The molecule has 1 amide bonds. The number of amides is 1. The molecule has 14 atom stereocenters. The number of Topliss-reactive ketones (excluding diaryl/α,β-unsaturated/α-hetero) is 1. The second-order valence-electron chi connectivity index (χ2n) is 17.0. The van der Waals surface area contributed by atoms with Crippen molar-refractivity contribution >= 4 is 17.7 Å². The van der Waals surface area contributed by atoms with Crippen LogP contribution in [-0.4, -0.2) is 120 Å². The number of fused-ring (bicyclic) bond motifs is 3. The maximum absolute atomic E-state index is 14.3. The summed E-state index contributed by atoms with van der Waals surface area (Å²) in [6.45, 7) is 13.7. The number of methoxy groups -OCH3 is 3. The van der Waals surface area contributed by atoms with Crippen LogP contribution >= 0.6 is 0 Å². The Morgan fingerprint density at radius 3 is 2.30 bits per heavy atom. The molecule has 2 saturated heterocycles. The molecule has 14 unspecified atom stereocenters. The highest BCUT2D eigenvalue weighted by molar-refractivity contribution is 6.39. The van der Waals surface area contributed by atoms with Crippen LogP contribution < -0.4 is 0 Å². The lowest BCUT2D eigenvalue weighted by Crippen LogP contribution is -2.64. The summed E-state index contributed by atoms with van der Waals surface area (Å²) in [6.07, 6.45) is 10.5. The summed E-state index contributed by atoms with van der Waals surface area (Å²) in [5, 5.41) is 34.0. The van der Waals surface area contributed by atoms with E-state index in [9.17, 15) is 29.7 Å². The highest BCUT2D eigenvalue weighted by Crippen LogP contribution is 2.39. The van der Waals surface area contributed by atoms with E-state index in [0.717, 1.165) is 17.6 Å². The number of rotatable bonds is 7. The molecule has 0 radical (unpaired) electrons. The lowest BCUT2D eigenvalue weighted by molar-refractivity contribution is -0.302. The Labute approximate surface area is 334 Å². The van der Waals surface area contributed by atoms with Crippen LogP contribution in [0.15, 0.2) is 48.1 Å². The third kappa shape index (κ3) is 11.1. The van der Waals surface area contributed by atoms with E-state index < -0.39 is 72.0 Å². The molecule has 3 heterocycles. The van der Waals surface area contributed by atoms with E-state index >= 15 is 0 Å². The molecule has 1 aliphatic carbocycles. The topological polar surface area (TPSA) is 161 Å². The Bertz CT molecular complexity index is 1440. The molecule has 3 aliphatic heterocycles. The largest absolute Gasteiger partial charge is 0.456 e. The molecule has 56 heavy (non-hydrogen) atoms. The van der Waals surface area contributed by atoms with Crippen molar-refractivity contribution in [1.29, 1.82) is 0 Å². The summed E-state index contributed by atoms with van der Waals surface area (Å²) in [5.41, 5.74) is 1.86. The van der Waals surface area contributed by atoms with Crippen LogP contribution in [0.3, 0.4) is 0 Å². The molecule has 3 N–H and O–H groups in total. The number of aliphatic hydroxyl groups excluding tert-OH is 2. The number of ether oxygens (including phenoxy) is 5. The van der Waals surface area contributed by atoms with Gasteiger partial charge in [0.1, 0.15) is 18.2 Å². The fraction of sp³-hybridized carbons (Fsp3) is 0.750. The number of hydrogen-bond acceptors (Lipinski definition) is 11. The van der Waals surface area contributed by atoms with E-state index in [0.29, 0.717) is 44.9 Å². The highest BCUT2D eigenvalue weighted by Gasteiger charge is 2.56. The first-order valence-electron chi connectivity index (χ1n) is 20.6. The Balaban J connectivity index is 1.77. The van der Waals surface area contributed by atoms with Gasteiger partial charge in [0.2, 0.25) is 5.79 Å². The van der Waals surface area contributed by atoms with Crippen molar-refractivity contribution in [1.82, 2.24) is 4.90 Å². The molecule has 12 heteroatoms. The van der Waals surface area contributed by atoms with Crippen molar-refractivity contribution in [2.24, 2.45) is 29.6 Å². The molecule has 0 spiro atoms. The van der Waals surface area contributed by atoms with Crippen molar-refractivity contribution in [3.05, 3.63) is 48.1 Å². The smallest absolute Gasteiger partial charge is 0.329 e. The van der Waals surface area contributed by atoms with Crippen LogP contribution in [0.1, 0.15) is 98.8 Å². The zero-order valence-corrected chi connectivity index (χ0v) is 34.9. The summed E-state index contributed by atoms with van der Waals surface area (Å²) in [7, 11) is 4.69. The number of carbonyl (C=O) groups is 3. The first-order valence-corrected chi connectivity index (χ1v) is 20.6. The summed E-state index contributed by atoms with van der Waals surface area (Å²) in [6, 6.07) is -1.06. The molecule has 0 aromatic rings. The summed E-state index contributed by atoms with van der Waals surface area (Å²) in [4.78, 5) is 43.9. The van der Waals surface area contributed by atoms with Crippen molar-refractivity contribution < 1.29 is 53.4 Å². The first-order chi connectivity index (χ1) is 26.6. The number of aliphatic hydroxyl groups is 3. The number of esters is 1. The van der Waals surface area contributed by atoms with Gasteiger partial charge < -0.3 is 43.9 Å². The van der Waals surface area contributed by atoms with Gasteiger partial charge in [-0.05, 0) is 95.5 Å². The average molecular weight is 788 g/mol. The number of hydrogen-bond donors (Lipinski definition) is 3. The maximum Gasteiger partial charge on any atom is 0.329 e. The van der Waals surface area contributed by atoms with Crippen molar-refractivity contribution in [3.8, 4) is 0 Å². The average Bonchev–Trinajstić information content (AvgIpc) is 3.18. The number of carbonyl (C=O) groups excluding carboxylic acids is 3. The van der Waals surface area contributed by atoms with E-state index in [2.05, 4.69) is 25.7 Å². The van der Waals surface area contributed by atoms with Gasteiger partial charge in [-0.1, -0.05) is 56.7 Å². The number of piperidine rings is 1. The van der Waals surface area contributed by atoms with Crippen LogP contribution in [0.5, 0.6) is 0 Å². The van der Waals surface area contributed by atoms with Gasteiger partial charge in [-0.3, -0.25) is 9.59 Å². The fourth-order valence-electron chi connectivity index (χ4n) is 9.26. The van der Waals surface area contributed by atoms with Crippen LogP contribution in [0.25, 0.3) is 0 Å². The Morgan fingerprint density at radius 1 is 0.964 bits per heavy atom. The zero-order chi connectivity index (χ0) is 41.3. The molecule has 316 valence electrons. The summed E-state index contributed by atoms with van der Waals surface area (Å²) >= 11 is 0. The van der Waals surface area contributed by atoms with Crippen LogP contribution in [0.4, 0.5) is 0 Å². The third-order valence-electron chi connectivity index (χ3n) is 12.5. The normalized spacial score (nSPS) is 40.2. The quantitative estimate of drug-likeness (QED) is 0.176. The second kappa shape index (κ2) is 20.8. The van der Waals surface area contributed by atoms with Gasteiger partial charge in [-0.25, -0.2) is 4.79 Å². The Morgan fingerprint density at radius 2 is 1.64 bits per heavy atom. The van der Waals surface area contributed by atoms with Gasteiger partial charge in [0.15, 0.2) is 0 Å². The molecule has 4 aliphatic rings. The zero-order valence-electron chi connectivity index (χ0n) is 34.9. The highest BCUT2D eigenvalue weighted by atomic mass is 16.7. The van der Waals surface area contributed by atoms with E-state index in [4.69, 9.17) is 23.7 Å². The van der Waals surface area contributed by atoms with Crippen LogP contribution in [-0.2, 0) is 38.1 Å². The molecule has 0 aromatic carbocycles. The molecule has 4 rings (SSSR count). The number of ketones is 1. The fourth-order valence-corrected chi connectivity index (χ4v) is 9.26. The minimum atomic E-state index is -2.47. The van der Waals surface area contributed by atoms with Crippen LogP contribution in [0, 0.1) is 29.6 Å². The first kappa shape index (κ1) is 46.0. The standard InChI is InChI=1S/C44H69NO11/c1-10-13-32-21-26(2)20-27(3)22-37(53-8)40-38(54-9)24-30(6)44(51,56-40)41(48)42(49)45-19-12-11-14-33(45)43(50)55-39(28(4)15-17-34(32)46)29(5)23-31-16-18-35(47)36(25-31)52-7/h10,15,17,21,23,27-28,30-40,46-47,51H,1,11-14,16,18-20,22,24-25H2,2-9H3. The van der Waals surface area contributed by atoms with Gasteiger partial charge >= 0.3 is 5.97 Å². The molecule has 1 saturated carbocycles. The van der Waals surface area contributed by atoms with E-state index in [1.54, 1.807) is 40.4 Å². The van der Waals surface area contributed by atoms with Crippen molar-refractivity contribution in [3.63, 3.8) is 0 Å². The van der Waals surface area contributed by atoms with Gasteiger partial charge in [0, 0.05) is 45.6 Å². The second-order valence-corrected chi connectivity index (χ2v) is 17.0. The third-order valence-corrected chi connectivity index (χ3v) is 12.5. The SMILES string of the molecule is C=CCC1C=C(C)CC(C)CC(OC)C2OC(O)(C(=O)C(=O)N3CCCCC3C(=O)OC(C(C)=CC3CCC(O)C(OC)C3)C(C)C=CC1O)C(C)CC2OC. The Hall–Kier alpha value is -2.71. The molecular formula is C44H69NO11. The summed E-state index contributed by atoms with van der Waals surface area (Å²) in [5.74, 6) is -6.53. The molecular weight excluding hydrogens is 718 g/mol. The number of nitrogens with zero attached hydrogens (tertiary/aromatic N) is 1. The number of cyclic esters (lactones) is 1. The molecule has 2 bridgehead atoms. The van der Waals surface area contributed by atoms with Crippen molar-refractivity contribution in [2.45, 2.75) is 153 Å². The minimum Gasteiger partial charge on any atom is -0.456 e. The molecule has 0 aromatic heterocycles. The van der Waals surface area contributed by atoms with Gasteiger partial charge in [-0.15, -0.1) is 6.58 Å². The van der Waals surface area contributed by atoms with Crippen LogP contribution in [0.2, 0.25) is 0 Å². The van der Waals surface area contributed by atoms with Crippen molar-refractivity contribution in [2.75, 3.05) is 27.9 Å². The van der Waals surface area contributed by atoms with Gasteiger partial charge in [0.25, 0.3) is 11.7 Å². The Kier molecular flexibility index (Phi) is 17.1. The molecule has 12 nitrogen and oxygen atoms in total. The monoisotopic (exact) mass is 787 g/mol. The summed E-state index contributed by atoms with van der Waals surface area (Å²) < 4.78 is 29.9. The van der Waals surface area contributed by atoms with Gasteiger partial charge in [-0.2, -0.15) is 0 Å².